The average molecular weight is 192 g/mol. The monoisotopic (exact) mass is 192 g/mol. The van der Waals surface area contributed by atoms with E-state index in [0.29, 0.717) is 11.1 Å². The summed E-state index contributed by atoms with van der Waals surface area (Å²) < 4.78 is 0. The van der Waals surface area contributed by atoms with Crippen molar-refractivity contribution in [2.75, 3.05) is 14.1 Å². The second-order valence-electron chi connectivity index (χ2n) is 2.74. The van der Waals surface area contributed by atoms with Crippen LogP contribution in [0, 0.1) is 0 Å². The molecule has 74 valence electrons. The number of hydrogen-bond acceptors (Lipinski definition) is 4. The molecule has 0 aliphatic rings. The van der Waals surface area contributed by atoms with Crippen molar-refractivity contribution in [3.05, 3.63) is 23.3 Å². The van der Waals surface area contributed by atoms with Crippen molar-refractivity contribution in [3.8, 4) is 11.5 Å². The summed E-state index contributed by atoms with van der Waals surface area (Å²) in [5.74, 6) is 0.145. The Bertz CT molecular complexity index is 346. The van der Waals surface area contributed by atoms with Gasteiger partial charge in [0.2, 0.25) is 0 Å². The van der Waals surface area contributed by atoms with Crippen LogP contribution in [0.2, 0.25) is 0 Å². The zero-order chi connectivity index (χ0) is 10.6. The van der Waals surface area contributed by atoms with E-state index in [1.807, 2.05) is 0 Å². The third kappa shape index (κ3) is 2.10. The highest BCUT2D eigenvalue weighted by molar-refractivity contribution is 5.90. The van der Waals surface area contributed by atoms with Gasteiger partial charge in [-0.15, -0.1) is 0 Å². The van der Waals surface area contributed by atoms with Crippen LogP contribution in [0.5, 0.6) is 11.5 Å². The SMILES string of the molecule is CN=Cc1cc(O)c(C=NC)cc1O. The summed E-state index contributed by atoms with van der Waals surface area (Å²) in [6, 6.07) is 2.89. The molecule has 1 aromatic carbocycles. The van der Waals surface area contributed by atoms with Crippen molar-refractivity contribution < 1.29 is 10.2 Å². The predicted molar refractivity (Wildman–Crippen MR) is 56.8 cm³/mol. The third-order valence-corrected chi connectivity index (χ3v) is 1.71. The lowest BCUT2D eigenvalue weighted by atomic mass is 10.1. The smallest absolute Gasteiger partial charge is 0.125 e. The predicted octanol–water partition coefficient (Wildman–Crippen LogP) is 1.20. The van der Waals surface area contributed by atoms with Gasteiger partial charge in [-0.25, -0.2) is 0 Å². The first-order chi connectivity index (χ1) is 6.69. The molecular formula is C10H12N2O2. The Labute approximate surface area is 82.3 Å². The quantitative estimate of drug-likeness (QED) is 0.546. The molecule has 4 heteroatoms. The number of aromatic hydroxyl groups is 2. The van der Waals surface area contributed by atoms with Gasteiger partial charge in [0.1, 0.15) is 11.5 Å². The molecule has 0 radical (unpaired) electrons. The van der Waals surface area contributed by atoms with Crippen LogP contribution < -0.4 is 0 Å². The van der Waals surface area contributed by atoms with E-state index in [1.165, 1.54) is 24.6 Å². The lowest BCUT2D eigenvalue weighted by Crippen LogP contribution is -1.88. The topological polar surface area (TPSA) is 65.2 Å². The maximum Gasteiger partial charge on any atom is 0.125 e. The molecule has 4 nitrogen and oxygen atoms in total. The van der Waals surface area contributed by atoms with Crippen LogP contribution in [-0.2, 0) is 0 Å². The molecule has 0 amide bonds. The molecule has 0 aliphatic heterocycles. The number of rotatable bonds is 2. The van der Waals surface area contributed by atoms with Gasteiger partial charge in [-0.3, -0.25) is 9.98 Å². The molecule has 0 bridgehead atoms. The van der Waals surface area contributed by atoms with Crippen molar-refractivity contribution in [1.29, 1.82) is 0 Å². The van der Waals surface area contributed by atoms with Crippen LogP contribution in [0.4, 0.5) is 0 Å². The van der Waals surface area contributed by atoms with Crippen LogP contribution in [0.25, 0.3) is 0 Å². The molecule has 1 aromatic rings. The Morgan fingerprint density at radius 3 is 1.57 bits per heavy atom. The highest BCUT2D eigenvalue weighted by Crippen LogP contribution is 2.24. The lowest BCUT2D eigenvalue weighted by molar-refractivity contribution is 0.459. The largest absolute Gasteiger partial charge is 0.507 e. The van der Waals surface area contributed by atoms with Crippen LogP contribution in [0.3, 0.4) is 0 Å². The minimum atomic E-state index is 0.0725. The molecule has 0 aliphatic carbocycles. The van der Waals surface area contributed by atoms with Gasteiger partial charge in [-0.2, -0.15) is 0 Å². The first-order valence-electron chi connectivity index (χ1n) is 4.09. The van der Waals surface area contributed by atoms with E-state index < -0.39 is 0 Å². The van der Waals surface area contributed by atoms with E-state index >= 15 is 0 Å². The summed E-state index contributed by atoms with van der Waals surface area (Å²) in [7, 11) is 3.19. The Morgan fingerprint density at radius 2 is 1.29 bits per heavy atom. The van der Waals surface area contributed by atoms with E-state index in [9.17, 15) is 10.2 Å². The van der Waals surface area contributed by atoms with Crippen molar-refractivity contribution in [2.45, 2.75) is 0 Å². The van der Waals surface area contributed by atoms with E-state index in [1.54, 1.807) is 14.1 Å². The van der Waals surface area contributed by atoms with Gasteiger partial charge in [0.05, 0.1) is 0 Å². The molecule has 0 spiro atoms. The third-order valence-electron chi connectivity index (χ3n) is 1.71. The van der Waals surface area contributed by atoms with Crippen molar-refractivity contribution in [2.24, 2.45) is 9.98 Å². The molecule has 0 fully saturated rings. The summed E-state index contributed by atoms with van der Waals surface area (Å²) in [5, 5.41) is 19.0. The summed E-state index contributed by atoms with van der Waals surface area (Å²) in [6.45, 7) is 0. The van der Waals surface area contributed by atoms with Crippen molar-refractivity contribution in [3.63, 3.8) is 0 Å². The van der Waals surface area contributed by atoms with Crippen molar-refractivity contribution >= 4 is 12.4 Å². The molecule has 0 saturated carbocycles. The van der Waals surface area contributed by atoms with Gasteiger partial charge in [0, 0.05) is 37.7 Å². The fourth-order valence-corrected chi connectivity index (χ4v) is 1.09. The minimum Gasteiger partial charge on any atom is -0.507 e. The Morgan fingerprint density at radius 1 is 0.929 bits per heavy atom. The van der Waals surface area contributed by atoms with Gasteiger partial charge in [0.25, 0.3) is 0 Å². The number of aliphatic imine (C=N–C) groups is 2. The number of nitrogens with zero attached hydrogens (tertiary/aromatic N) is 2. The van der Waals surface area contributed by atoms with Gasteiger partial charge in [-0.05, 0) is 12.1 Å². The normalized spacial score (nSPS) is 11.6. The standard InChI is InChI=1S/C10H12N2O2/c1-11-5-7-3-10(14)8(6-12-2)4-9(7)13/h3-6,13-14H,1-2H3. The Hall–Kier alpha value is -1.84. The second kappa shape index (κ2) is 4.41. The number of phenols is 2. The van der Waals surface area contributed by atoms with Crippen LogP contribution in [0.15, 0.2) is 22.1 Å². The number of phenolic OH excluding ortho intramolecular Hbond substituents is 2. The Kier molecular flexibility index (Phi) is 3.23. The van der Waals surface area contributed by atoms with E-state index in [2.05, 4.69) is 9.98 Å². The first-order valence-corrected chi connectivity index (χ1v) is 4.09. The molecule has 0 unspecified atom stereocenters. The second-order valence-corrected chi connectivity index (χ2v) is 2.74. The molecule has 0 atom stereocenters. The molecule has 1 rings (SSSR count). The maximum absolute atomic E-state index is 9.51. The summed E-state index contributed by atoms with van der Waals surface area (Å²) >= 11 is 0. The first kappa shape index (κ1) is 10.2. The molecular weight excluding hydrogens is 180 g/mol. The minimum absolute atomic E-state index is 0.0725. The van der Waals surface area contributed by atoms with Gasteiger partial charge >= 0.3 is 0 Å². The molecule has 0 aromatic heterocycles. The fraction of sp³-hybridized carbons (Fsp3) is 0.200. The number of hydrogen-bond donors (Lipinski definition) is 2. The zero-order valence-corrected chi connectivity index (χ0v) is 8.10. The average Bonchev–Trinajstić information content (AvgIpc) is 2.14. The molecule has 0 heterocycles. The fourth-order valence-electron chi connectivity index (χ4n) is 1.09. The van der Waals surface area contributed by atoms with Crippen LogP contribution in [0.1, 0.15) is 11.1 Å². The van der Waals surface area contributed by atoms with Crippen molar-refractivity contribution in [1.82, 2.24) is 0 Å². The van der Waals surface area contributed by atoms with E-state index in [-0.39, 0.29) is 11.5 Å². The van der Waals surface area contributed by atoms with Crippen LogP contribution in [-0.4, -0.2) is 36.7 Å². The van der Waals surface area contributed by atoms with Gasteiger partial charge in [-0.1, -0.05) is 0 Å². The summed E-state index contributed by atoms with van der Waals surface area (Å²) in [5.41, 5.74) is 0.969. The Balaban J connectivity index is 3.23. The van der Waals surface area contributed by atoms with Gasteiger partial charge < -0.3 is 10.2 Å². The number of benzene rings is 1. The summed E-state index contributed by atoms with van der Waals surface area (Å²) in [6.07, 6.45) is 2.95. The summed E-state index contributed by atoms with van der Waals surface area (Å²) in [4.78, 5) is 7.51. The van der Waals surface area contributed by atoms with E-state index in [4.69, 9.17) is 0 Å². The van der Waals surface area contributed by atoms with Gasteiger partial charge in [0.15, 0.2) is 0 Å². The maximum atomic E-state index is 9.51. The van der Waals surface area contributed by atoms with E-state index in [0.717, 1.165) is 0 Å². The zero-order valence-electron chi connectivity index (χ0n) is 8.10. The van der Waals surface area contributed by atoms with Crippen LogP contribution >= 0.6 is 0 Å². The highest BCUT2D eigenvalue weighted by atomic mass is 16.3. The lowest BCUT2D eigenvalue weighted by Gasteiger charge is -2.03. The highest BCUT2D eigenvalue weighted by Gasteiger charge is 2.04. The molecule has 14 heavy (non-hydrogen) atoms. The molecule has 0 saturated heterocycles. The molecule has 2 N–H and O–H groups in total.